The maximum Gasteiger partial charge on any atom is 0.258 e. The van der Waals surface area contributed by atoms with Crippen LogP contribution in [0, 0.1) is 0 Å². The normalized spacial score (nSPS) is 10.7. The summed E-state index contributed by atoms with van der Waals surface area (Å²) in [4.78, 5) is 27.7. The van der Waals surface area contributed by atoms with Gasteiger partial charge in [-0.2, -0.15) is 0 Å². The number of Topliss-reactive ketones (excluding diaryl/α,β-unsaturated/α-hetero) is 1. The Morgan fingerprint density at radius 1 is 1.10 bits per heavy atom. The van der Waals surface area contributed by atoms with Crippen molar-refractivity contribution in [2.24, 2.45) is 0 Å². The number of hydrogen-bond donors (Lipinski definition) is 0. The summed E-state index contributed by atoms with van der Waals surface area (Å²) in [5, 5.41) is 0. The van der Waals surface area contributed by atoms with E-state index in [9.17, 15) is 9.59 Å². The minimum Gasteiger partial charge on any atom is -0.295 e. The molecule has 0 unspecified atom stereocenters. The van der Waals surface area contributed by atoms with E-state index in [1.165, 1.54) is 17.4 Å². The molecular formula is C16H12N2O2. The summed E-state index contributed by atoms with van der Waals surface area (Å²) in [6, 6.07) is 14.0. The molecule has 0 N–H and O–H groups in total. The third-order valence-corrected chi connectivity index (χ3v) is 3.16. The second-order valence-corrected chi connectivity index (χ2v) is 4.54. The molecule has 3 aromatic rings. The highest BCUT2D eigenvalue weighted by Gasteiger charge is 2.05. The van der Waals surface area contributed by atoms with Crippen LogP contribution in [0.1, 0.15) is 17.3 Å². The minimum absolute atomic E-state index is 0.0168. The van der Waals surface area contributed by atoms with Gasteiger partial charge in [0.25, 0.3) is 5.56 Å². The lowest BCUT2D eigenvalue weighted by atomic mass is 10.1. The average Bonchev–Trinajstić information content (AvgIpc) is 2.47. The molecule has 98 valence electrons. The van der Waals surface area contributed by atoms with Crippen molar-refractivity contribution in [1.29, 1.82) is 0 Å². The van der Waals surface area contributed by atoms with E-state index in [0.717, 1.165) is 5.56 Å². The first kappa shape index (κ1) is 12.3. The Morgan fingerprint density at radius 3 is 2.55 bits per heavy atom. The number of carbonyl (C=O) groups excluding carboxylic acids is 1. The van der Waals surface area contributed by atoms with Gasteiger partial charge in [-0.1, -0.05) is 30.3 Å². The van der Waals surface area contributed by atoms with Crippen LogP contribution in [-0.2, 0) is 0 Å². The zero-order valence-corrected chi connectivity index (χ0v) is 10.9. The first-order chi connectivity index (χ1) is 9.65. The van der Waals surface area contributed by atoms with Gasteiger partial charge in [0.1, 0.15) is 5.65 Å². The monoisotopic (exact) mass is 264 g/mol. The lowest BCUT2D eigenvalue weighted by molar-refractivity contribution is 0.101. The molecule has 0 aliphatic rings. The summed E-state index contributed by atoms with van der Waals surface area (Å²) < 4.78 is 1.49. The highest BCUT2D eigenvalue weighted by molar-refractivity contribution is 5.94. The molecule has 4 nitrogen and oxygen atoms in total. The molecule has 2 heterocycles. The third kappa shape index (κ3) is 2.12. The number of carbonyl (C=O) groups is 1. The van der Waals surface area contributed by atoms with E-state index in [1.807, 2.05) is 6.07 Å². The standard InChI is InChI=1S/C16H12N2O2/c1-11(19)12-5-7-13(8-6-12)14-10-16(20)18-9-3-2-4-15(18)17-14/h2-10H,1H3. The molecule has 0 atom stereocenters. The number of ketones is 1. The number of benzene rings is 1. The van der Waals surface area contributed by atoms with Gasteiger partial charge in [-0.15, -0.1) is 0 Å². The number of pyridine rings is 1. The zero-order chi connectivity index (χ0) is 14.1. The molecule has 0 spiro atoms. The first-order valence-corrected chi connectivity index (χ1v) is 6.25. The number of hydrogen-bond acceptors (Lipinski definition) is 3. The molecule has 0 fully saturated rings. The summed E-state index contributed by atoms with van der Waals surface area (Å²) in [5.41, 5.74) is 2.55. The summed E-state index contributed by atoms with van der Waals surface area (Å²) in [7, 11) is 0. The molecule has 0 radical (unpaired) electrons. The fourth-order valence-corrected chi connectivity index (χ4v) is 2.08. The third-order valence-electron chi connectivity index (χ3n) is 3.16. The number of rotatable bonds is 2. The second kappa shape index (κ2) is 4.74. The summed E-state index contributed by atoms with van der Waals surface area (Å²) in [6.45, 7) is 1.52. The van der Waals surface area contributed by atoms with Crippen molar-refractivity contribution < 1.29 is 4.79 Å². The van der Waals surface area contributed by atoms with E-state index < -0.39 is 0 Å². The summed E-state index contributed by atoms with van der Waals surface area (Å²) in [6.07, 6.45) is 1.69. The second-order valence-electron chi connectivity index (χ2n) is 4.54. The SMILES string of the molecule is CC(=O)c1ccc(-c2cc(=O)n3ccccc3n2)cc1. The van der Waals surface area contributed by atoms with Crippen LogP contribution >= 0.6 is 0 Å². The van der Waals surface area contributed by atoms with Crippen molar-refractivity contribution in [3.8, 4) is 11.3 Å². The van der Waals surface area contributed by atoms with Crippen LogP contribution in [0.15, 0.2) is 59.5 Å². The molecule has 0 saturated carbocycles. The van der Waals surface area contributed by atoms with Gasteiger partial charge in [0.2, 0.25) is 0 Å². The van der Waals surface area contributed by atoms with E-state index >= 15 is 0 Å². The molecule has 0 bridgehead atoms. The summed E-state index contributed by atoms with van der Waals surface area (Å²) in [5.74, 6) is 0.0168. The van der Waals surface area contributed by atoms with Crippen LogP contribution in [0.4, 0.5) is 0 Å². The van der Waals surface area contributed by atoms with Crippen LogP contribution in [0.25, 0.3) is 16.9 Å². The van der Waals surface area contributed by atoms with Crippen molar-refractivity contribution in [2.45, 2.75) is 6.92 Å². The Bertz CT molecular complexity index is 848. The Balaban J connectivity index is 2.14. The van der Waals surface area contributed by atoms with Gasteiger partial charge < -0.3 is 0 Å². The van der Waals surface area contributed by atoms with Gasteiger partial charge in [0, 0.05) is 23.4 Å². The van der Waals surface area contributed by atoms with Crippen LogP contribution in [0.2, 0.25) is 0 Å². The van der Waals surface area contributed by atoms with Crippen LogP contribution in [0.5, 0.6) is 0 Å². The minimum atomic E-state index is -0.124. The first-order valence-electron chi connectivity index (χ1n) is 6.25. The Kier molecular flexibility index (Phi) is 2.91. The molecule has 1 aromatic carbocycles. The molecule has 4 heteroatoms. The van der Waals surface area contributed by atoms with Crippen molar-refractivity contribution in [1.82, 2.24) is 9.38 Å². The lowest BCUT2D eigenvalue weighted by Crippen LogP contribution is -2.13. The van der Waals surface area contributed by atoms with Gasteiger partial charge in [-0.3, -0.25) is 14.0 Å². The van der Waals surface area contributed by atoms with Crippen molar-refractivity contribution >= 4 is 11.4 Å². The van der Waals surface area contributed by atoms with Crippen molar-refractivity contribution in [3.05, 3.63) is 70.6 Å². The Labute approximate surface area is 115 Å². The van der Waals surface area contributed by atoms with Crippen LogP contribution in [0.3, 0.4) is 0 Å². The predicted molar refractivity (Wildman–Crippen MR) is 76.9 cm³/mol. The van der Waals surface area contributed by atoms with Crippen molar-refractivity contribution in [2.75, 3.05) is 0 Å². The predicted octanol–water partition coefficient (Wildman–Crippen LogP) is 2.56. The molecule has 2 aromatic heterocycles. The van der Waals surface area contributed by atoms with E-state index in [2.05, 4.69) is 4.98 Å². The maximum absolute atomic E-state index is 12.0. The van der Waals surface area contributed by atoms with E-state index in [0.29, 0.717) is 16.9 Å². The van der Waals surface area contributed by atoms with Crippen LogP contribution in [-0.4, -0.2) is 15.2 Å². The van der Waals surface area contributed by atoms with Gasteiger partial charge in [0.15, 0.2) is 5.78 Å². The maximum atomic E-state index is 12.0. The van der Waals surface area contributed by atoms with E-state index in [1.54, 1.807) is 42.6 Å². The van der Waals surface area contributed by atoms with Crippen molar-refractivity contribution in [3.63, 3.8) is 0 Å². The van der Waals surface area contributed by atoms with E-state index in [4.69, 9.17) is 0 Å². The Morgan fingerprint density at radius 2 is 1.85 bits per heavy atom. The highest BCUT2D eigenvalue weighted by atomic mass is 16.1. The zero-order valence-electron chi connectivity index (χ0n) is 10.9. The summed E-state index contributed by atoms with van der Waals surface area (Å²) >= 11 is 0. The lowest BCUT2D eigenvalue weighted by Gasteiger charge is -2.04. The molecule has 0 saturated heterocycles. The average molecular weight is 264 g/mol. The fraction of sp³-hybridized carbons (Fsp3) is 0.0625. The van der Waals surface area contributed by atoms with Crippen LogP contribution < -0.4 is 5.56 Å². The smallest absolute Gasteiger partial charge is 0.258 e. The quantitative estimate of drug-likeness (QED) is 0.668. The van der Waals surface area contributed by atoms with Gasteiger partial charge in [-0.05, 0) is 19.1 Å². The van der Waals surface area contributed by atoms with E-state index in [-0.39, 0.29) is 11.3 Å². The van der Waals surface area contributed by atoms with Gasteiger partial charge in [0.05, 0.1) is 5.69 Å². The molecular weight excluding hydrogens is 252 g/mol. The Hall–Kier alpha value is -2.75. The van der Waals surface area contributed by atoms with Gasteiger partial charge in [-0.25, -0.2) is 4.98 Å². The molecule has 0 aliphatic heterocycles. The number of nitrogens with zero attached hydrogens (tertiary/aromatic N) is 2. The molecule has 0 aliphatic carbocycles. The molecule has 0 amide bonds. The van der Waals surface area contributed by atoms with Gasteiger partial charge >= 0.3 is 0 Å². The molecule has 20 heavy (non-hydrogen) atoms. The molecule has 3 rings (SSSR count). The topological polar surface area (TPSA) is 51.4 Å². The number of aromatic nitrogens is 2. The fourth-order valence-electron chi connectivity index (χ4n) is 2.08. The largest absolute Gasteiger partial charge is 0.295 e. The highest BCUT2D eigenvalue weighted by Crippen LogP contribution is 2.17. The number of fused-ring (bicyclic) bond motifs is 1.